The zero-order valence-electron chi connectivity index (χ0n) is 11.3. The van der Waals surface area contributed by atoms with Gasteiger partial charge in [0.05, 0.1) is 0 Å². The molecule has 2 aromatic carbocycles. The fourth-order valence-corrected chi connectivity index (χ4v) is 2.01. The summed E-state index contributed by atoms with van der Waals surface area (Å²) in [7, 11) is 0. The van der Waals surface area contributed by atoms with Crippen molar-refractivity contribution in [2.24, 2.45) is 0 Å². The van der Waals surface area contributed by atoms with Gasteiger partial charge in [-0.15, -0.1) is 0 Å². The van der Waals surface area contributed by atoms with E-state index in [4.69, 9.17) is 0 Å². The van der Waals surface area contributed by atoms with Crippen molar-refractivity contribution in [1.29, 1.82) is 0 Å². The fraction of sp³-hybridized carbons (Fsp3) is 0.118. The van der Waals surface area contributed by atoms with Crippen LogP contribution in [0.5, 0.6) is 0 Å². The first kappa shape index (κ1) is 12.5. The molecule has 3 nitrogen and oxygen atoms in total. The largest absolute Gasteiger partial charge is 0.213 e. The Morgan fingerprint density at radius 2 is 1.10 bits per heavy atom. The van der Waals surface area contributed by atoms with Crippen molar-refractivity contribution >= 4 is 0 Å². The molecule has 0 amide bonds. The first-order valence-electron chi connectivity index (χ1n) is 6.72. The molecule has 0 aliphatic heterocycles. The van der Waals surface area contributed by atoms with Crippen LogP contribution in [-0.4, -0.2) is 15.0 Å². The second kappa shape index (κ2) is 5.61. The lowest BCUT2D eigenvalue weighted by atomic mass is 10.2. The van der Waals surface area contributed by atoms with E-state index in [1.54, 1.807) is 0 Å². The molecule has 0 spiro atoms. The van der Waals surface area contributed by atoms with Crippen LogP contribution in [0, 0.1) is 0 Å². The SMILES string of the molecule is CCc1nc(-c2ccccc2)nc(-c2ccccc2)n1. The summed E-state index contributed by atoms with van der Waals surface area (Å²) in [5.41, 5.74) is 2.03. The van der Waals surface area contributed by atoms with Gasteiger partial charge in [-0.1, -0.05) is 67.6 Å². The van der Waals surface area contributed by atoms with Gasteiger partial charge in [0.15, 0.2) is 11.6 Å². The Morgan fingerprint density at radius 1 is 0.650 bits per heavy atom. The third-order valence-electron chi connectivity index (χ3n) is 3.06. The minimum atomic E-state index is 0.733. The summed E-state index contributed by atoms with van der Waals surface area (Å²) in [4.78, 5) is 13.7. The van der Waals surface area contributed by atoms with E-state index >= 15 is 0 Å². The minimum Gasteiger partial charge on any atom is -0.213 e. The number of aromatic nitrogens is 3. The third-order valence-corrected chi connectivity index (χ3v) is 3.06. The predicted molar refractivity (Wildman–Crippen MR) is 80.1 cm³/mol. The molecule has 0 fully saturated rings. The van der Waals surface area contributed by atoms with Crippen LogP contribution in [0.15, 0.2) is 60.7 Å². The molecule has 20 heavy (non-hydrogen) atoms. The molecule has 0 saturated heterocycles. The van der Waals surface area contributed by atoms with E-state index in [2.05, 4.69) is 21.9 Å². The highest BCUT2D eigenvalue weighted by molar-refractivity contribution is 5.60. The molecule has 3 heteroatoms. The van der Waals surface area contributed by atoms with Crippen molar-refractivity contribution in [1.82, 2.24) is 15.0 Å². The first-order chi connectivity index (χ1) is 9.86. The van der Waals surface area contributed by atoms with Crippen LogP contribution in [0.4, 0.5) is 0 Å². The van der Waals surface area contributed by atoms with Gasteiger partial charge in [-0.2, -0.15) is 0 Å². The van der Waals surface area contributed by atoms with Crippen LogP contribution in [0.2, 0.25) is 0 Å². The van der Waals surface area contributed by atoms with E-state index < -0.39 is 0 Å². The molecule has 0 N–H and O–H groups in total. The summed E-state index contributed by atoms with van der Waals surface area (Å²) in [6.07, 6.45) is 0.794. The second-order valence-electron chi connectivity index (χ2n) is 4.48. The van der Waals surface area contributed by atoms with Crippen molar-refractivity contribution < 1.29 is 0 Å². The minimum absolute atomic E-state index is 0.733. The molecular formula is C17H15N3. The number of aryl methyl sites for hydroxylation is 1. The maximum absolute atomic E-state index is 4.60. The third kappa shape index (κ3) is 2.57. The topological polar surface area (TPSA) is 38.7 Å². The van der Waals surface area contributed by atoms with E-state index in [1.807, 2.05) is 60.7 Å². The summed E-state index contributed by atoms with van der Waals surface area (Å²) in [5, 5.41) is 0. The first-order valence-corrected chi connectivity index (χ1v) is 6.72. The van der Waals surface area contributed by atoms with Crippen LogP contribution in [0.1, 0.15) is 12.7 Å². The van der Waals surface area contributed by atoms with Gasteiger partial charge in [-0.3, -0.25) is 0 Å². The highest BCUT2D eigenvalue weighted by Crippen LogP contribution is 2.19. The lowest BCUT2D eigenvalue weighted by molar-refractivity contribution is 0.910. The van der Waals surface area contributed by atoms with E-state index in [0.717, 1.165) is 35.0 Å². The highest BCUT2D eigenvalue weighted by atomic mass is 15.0. The molecule has 3 aromatic rings. The fourth-order valence-electron chi connectivity index (χ4n) is 2.01. The Kier molecular flexibility index (Phi) is 3.50. The number of nitrogens with zero attached hydrogens (tertiary/aromatic N) is 3. The van der Waals surface area contributed by atoms with Crippen LogP contribution < -0.4 is 0 Å². The quantitative estimate of drug-likeness (QED) is 0.720. The zero-order valence-corrected chi connectivity index (χ0v) is 11.3. The Balaban J connectivity index is 2.13. The molecule has 98 valence electrons. The average molecular weight is 261 g/mol. The van der Waals surface area contributed by atoms with Crippen molar-refractivity contribution in [2.75, 3.05) is 0 Å². The molecule has 3 rings (SSSR count). The average Bonchev–Trinajstić information content (AvgIpc) is 2.56. The van der Waals surface area contributed by atoms with Gasteiger partial charge >= 0.3 is 0 Å². The van der Waals surface area contributed by atoms with Crippen molar-refractivity contribution in [3.8, 4) is 22.8 Å². The van der Waals surface area contributed by atoms with Gasteiger partial charge in [-0.05, 0) is 0 Å². The van der Waals surface area contributed by atoms with E-state index in [-0.39, 0.29) is 0 Å². The molecule has 0 bridgehead atoms. The van der Waals surface area contributed by atoms with Gasteiger partial charge in [0, 0.05) is 17.5 Å². The van der Waals surface area contributed by atoms with E-state index in [0.29, 0.717) is 0 Å². The standard InChI is InChI=1S/C17H15N3/c1-2-15-18-16(13-9-5-3-6-10-13)20-17(19-15)14-11-7-4-8-12-14/h3-12H,2H2,1H3. The Labute approximate surface area is 118 Å². The lowest BCUT2D eigenvalue weighted by Gasteiger charge is -2.06. The highest BCUT2D eigenvalue weighted by Gasteiger charge is 2.08. The second-order valence-corrected chi connectivity index (χ2v) is 4.48. The maximum atomic E-state index is 4.60. The van der Waals surface area contributed by atoms with Crippen molar-refractivity contribution in [3.05, 3.63) is 66.5 Å². The maximum Gasteiger partial charge on any atom is 0.163 e. The Bertz CT molecular complexity index is 636. The molecule has 0 unspecified atom stereocenters. The van der Waals surface area contributed by atoms with Gasteiger partial charge in [-0.25, -0.2) is 15.0 Å². The summed E-state index contributed by atoms with van der Waals surface area (Å²) in [5.74, 6) is 2.28. The van der Waals surface area contributed by atoms with Gasteiger partial charge < -0.3 is 0 Å². The van der Waals surface area contributed by atoms with Crippen molar-refractivity contribution in [3.63, 3.8) is 0 Å². The zero-order chi connectivity index (χ0) is 13.8. The van der Waals surface area contributed by atoms with Crippen molar-refractivity contribution in [2.45, 2.75) is 13.3 Å². The summed E-state index contributed by atoms with van der Waals surface area (Å²) >= 11 is 0. The van der Waals surface area contributed by atoms with Crippen LogP contribution in [0.25, 0.3) is 22.8 Å². The predicted octanol–water partition coefficient (Wildman–Crippen LogP) is 3.77. The van der Waals surface area contributed by atoms with Gasteiger partial charge in [0.2, 0.25) is 0 Å². The number of benzene rings is 2. The van der Waals surface area contributed by atoms with Gasteiger partial charge in [0.25, 0.3) is 0 Å². The summed E-state index contributed by atoms with van der Waals surface area (Å²) < 4.78 is 0. The monoisotopic (exact) mass is 261 g/mol. The van der Waals surface area contributed by atoms with Gasteiger partial charge in [0.1, 0.15) is 5.82 Å². The molecular weight excluding hydrogens is 246 g/mol. The molecule has 0 aliphatic rings. The normalized spacial score (nSPS) is 10.4. The van der Waals surface area contributed by atoms with Crippen LogP contribution in [-0.2, 0) is 6.42 Å². The lowest BCUT2D eigenvalue weighted by Crippen LogP contribution is -2.01. The molecule has 1 heterocycles. The number of hydrogen-bond donors (Lipinski definition) is 0. The molecule has 0 atom stereocenters. The smallest absolute Gasteiger partial charge is 0.163 e. The summed E-state index contributed by atoms with van der Waals surface area (Å²) in [6.45, 7) is 2.05. The summed E-state index contributed by atoms with van der Waals surface area (Å²) in [6, 6.07) is 20.0. The van der Waals surface area contributed by atoms with Crippen LogP contribution >= 0.6 is 0 Å². The molecule has 0 aliphatic carbocycles. The number of hydrogen-bond acceptors (Lipinski definition) is 3. The Morgan fingerprint density at radius 3 is 1.50 bits per heavy atom. The molecule has 1 aromatic heterocycles. The molecule has 0 radical (unpaired) electrons. The van der Waals surface area contributed by atoms with Crippen LogP contribution in [0.3, 0.4) is 0 Å². The number of rotatable bonds is 3. The van der Waals surface area contributed by atoms with E-state index in [9.17, 15) is 0 Å². The van der Waals surface area contributed by atoms with E-state index in [1.165, 1.54) is 0 Å². The Hall–Kier alpha value is -2.55. The molecule has 0 saturated carbocycles.